The van der Waals surface area contributed by atoms with Crippen LogP contribution in [0.25, 0.3) is 0 Å². The van der Waals surface area contributed by atoms with E-state index in [-0.39, 0.29) is 77.3 Å². The molecule has 0 aromatic rings. The molecule has 0 nitrogen and oxygen atoms in total. The molecule has 23 valence electrons. The van der Waals surface area contributed by atoms with Gasteiger partial charge in [-0.2, -0.15) is 13.5 Å². The maximum absolute atomic E-state index is 0. The summed E-state index contributed by atoms with van der Waals surface area (Å²) >= 11 is 0. The van der Waals surface area contributed by atoms with Crippen molar-refractivity contribution >= 4 is 13.5 Å². The van der Waals surface area contributed by atoms with Crippen LogP contribution in [-0.2, 0) is 63.8 Å². The minimum atomic E-state index is 0. The molecule has 0 aromatic carbocycles. The number of rotatable bonds is 0. The molecule has 0 bridgehead atoms. The van der Waals surface area contributed by atoms with Crippen molar-refractivity contribution in [2.24, 2.45) is 0 Å². The predicted octanol–water partition coefficient (Wildman–Crippen LogP) is 0.105. The van der Waals surface area contributed by atoms with Gasteiger partial charge in [0.15, 0.2) is 0 Å². The monoisotopic (exact) mass is 275 g/mol. The van der Waals surface area contributed by atoms with Crippen molar-refractivity contribution in [3.63, 3.8) is 0 Å². The van der Waals surface area contributed by atoms with Gasteiger partial charge < -0.3 is 0 Å². The van der Waals surface area contributed by atoms with Crippen LogP contribution in [-0.4, -0.2) is 0 Å². The average molecular weight is 275 g/mol. The van der Waals surface area contributed by atoms with E-state index in [1.165, 1.54) is 0 Å². The molecule has 0 aromatic heterocycles. The van der Waals surface area contributed by atoms with Crippen molar-refractivity contribution in [3.05, 3.63) is 0 Å². The summed E-state index contributed by atoms with van der Waals surface area (Å²) < 4.78 is 0. The standard InChI is InChI=1S/Cd.Cu.H2S.Zn/h;;1H2;. The third-order valence-electron chi connectivity index (χ3n) is 0. The summed E-state index contributed by atoms with van der Waals surface area (Å²) in [5, 5.41) is 0. The molecule has 0 saturated carbocycles. The molecular formula is H2CdCuSZn. The van der Waals surface area contributed by atoms with Gasteiger partial charge in [0, 0.05) is 63.8 Å². The molecule has 0 rings (SSSR count). The Morgan fingerprint density at radius 2 is 1.00 bits per heavy atom. The molecule has 0 heterocycles. The van der Waals surface area contributed by atoms with E-state index in [1.807, 2.05) is 0 Å². The third-order valence-corrected chi connectivity index (χ3v) is 0. The van der Waals surface area contributed by atoms with Gasteiger partial charge in [-0.1, -0.05) is 0 Å². The molecule has 0 fully saturated rings. The summed E-state index contributed by atoms with van der Waals surface area (Å²) in [5.41, 5.74) is 0. The summed E-state index contributed by atoms with van der Waals surface area (Å²) in [6, 6.07) is 0. The van der Waals surface area contributed by atoms with E-state index in [4.69, 9.17) is 0 Å². The minimum Gasteiger partial charge on any atom is -0.197 e. The zero-order chi connectivity index (χ0) is 0. The number of hydrogen-bond donors (Lipinski definition) is 0. The molecule has 0 aliphatic carbocycles. The summed E-state index contributed by atoms with van der Waals surface area (Å²) in [6.45, 7) is 0. The molecule has 0 aliphatic heterocycles. The summed E-state index contributed by atoms with van der Waals surface area (Å²) in [7, 11) is 0. The molecule has 4 heteroatoms. The van der Waals surface area contributed by atoms with E-state index >= 15 is 0 Å². The fraction of sp³-hybridized carbons (Fsp3) is 0. The Morgan fingerprint density at radius 3 is 1.00 bits per heavy atom. The normalized spacial score (nSPS) is 0. The van der Waals surface area contributed by atoms with Crippen molar-refractivity contribution in [1.82, 2.24) is 0 Å². The van der Waals surface area contributed by atoms with Gasteiger partial charge in [0.05, 0.1) is 0 Å². The van der Waals surface area contributed by atoms with Crippen LogP contribution in [0, 0.1) is 0 Å². The maximum Gasteiger partial charge on any atom is 0 e. The van der Waals surface area contributed by atoms with Crippen LogP contribution < -0.4 is 0 Å². The first-order valence-corrected chi connectivity index (χ1v) is 0. The molecule has 0 saturated heterocycles. The van der Waals surface area contributed by atoms with Crippen molar-refractivity contribution in [2.45, 2.75) is 0 Å². The van der Waals surface area contributed by atoms with Crippen LogP contribution in [0.3, 0.4) is 0 Å². The molecule has 0 aliphatic rings. The number of hydrogen-bond acceptors (Lipinski definition) is 0. The first-order chi connectivity index (χ1) is 0. The SMILES string of the molecule is S.[Cd].[Cu].[Zn]. The Balaban J connectivity index is 0. The molecule has 0 atom stereocenters. The van der Waals surface area contributed by atoms with E-state index < -0.39 is 0 Å². The summed E-state index contributed by atoms with van der Waals surface area (Å²) in [5.74, 6) is 0. The van der Waals surface area contributed by atoms with Gasteiger partial charge >= 0.3 is 0 Å². The van der Waals surface area contributed by atoms with Crippen molar-refractivity contribution in [3.8, 4) is 0 Å². The van der Waals surface area contributed by atoms with Crippen molar-refractivity contribution in [1.29, 1.82) is 0 Å². The Morgan fingerprint density at radius 1 is 1.00 bits per heavy atom. The van der Waals surface area contributed by atoms with E-state index in [0.29, 0.717) is 0 Å². The Bertz CT molecular complexity index is 8.00. The fourth-order valence-corrected chi connectivity index (χ4v) is 0. The molecule has 0 spiro atoms. The van der Waals surface area contributed by atoms with Crippen LogP contribution in [0.5, 0.6) is 0 Å². The van der Waals surface area contributed by atoms with Crippen LogP contribution >= 0.6 is 13.5 Å². The van der Waals surface area contributed by atoms with Gasteiger partial charge in [0.25, 0.3) is 0 Å². The summed E-state index contributed by atoms with van der Waals surface area (Å²) in [6.07, 6.45) is 0. The van der Waals surface area contributed by atoms with Gasteiger partial charge in [-0.25, -0.2) is 0 Å². The first kappa shape index (κ1) is 32.3. The van der Waals surface area contributed by atoms with Crippen molar-refractivity contribution in [2.75, 3.05) is 0 Å². The van der Waals surface area contributed by atoms with Gasteiger partial charge in [-0.05, 0) is 0 Å². The van der Waals surface area contributed by atoms with Crippen molar-refractivity contribution < 1.29 is 63.8 Å². The smallest absolute Gasteiger partial charge is 0 e. The predicted molar refractivity (Wildman–Crippen MR) is 10.4 cm³/mol. The molecule has 0 unspecified atom stereocenters. The second-order valence-electron chi connectivity index (χ2n) is 0. The summed E-state index contributed by atoms with van der Waals surface area (Å²) in [4.78, 5) is 0. The zero-order valence-electron chi connectivity index (χ0n) is 2.22. The van der Waals surface area contributed by atoms with E-state index in [9.17, 15) is 0 Å². The second kappa shape index (κ2) is 18.1. The van der Waals surface area contributed by atoms with Gasteiger partial charge in [0.2, 0.25) is 0 Å². The van der Waals surface area contributed by atoms with Crippen LogP contribution in [0.15, 0.2) is 0 Å². The van der Waals surface area contributed by atoms with E-state index in [1.54, 1.807) is 0 Å². The van der Waals surface area contributed by atoms with Crippen LogP contribution in [0.1, 0.15) is 0 Å². The topological polar surface area (TPSA) is 0 Å². The van der Waals surface area contributed by atoms with Gasteiger partial charge in [-0.3, -0.25) is 0 Å². The van der Waals surface area contributed by atoms with Crippen LogP contribution in [0.4, 0.5) is 0 Å². The van der Waals surface area contributed by atoms with Crippen LogP contribution in [0.2, 0.25) is 0 Å². The quantitative estimate of drug-likeness (QED) is 0.550. The van der Waals surface area contributed by atoms with E-state index in [0.717, 1.165) is 0 Å². The molecule has 0 amide bonds. The molecular weight excluding hydrogens is 273 g/mol. The Labute approximate surface area is 76.3 Å². The Hall–Kier alpha value is 2.41. The molecule has 0 N–H and O–H groups in total. The fourth-order valence-electron chi connectivity index (χ4n) is 0. The maximum atomic E-state index is 0. The molecule has 1 radical (unpaired) electrons. The first-order valence-electron chi connectivity index (χ1n) is 0. The van der Waals surface area contributed by atoms with Gasteiger partial charge in [0.1, 0.15) is 0 Å². The second-order valence-corrected chi connectivity index (χ2v) is 0. The Kier molecular flexibility index (Phi) is 146. The third kappa shape index (κ3) is 8.83. The largest absolute Gasteiger partial charge is 0.197 e. The molecule has 4 heavy (non-hydrogen) atoms. The zero-order valence-corrected chi connectivity index (χ0v) is 11.2. The average Bonchev–Trinajstić information content (AvgIpc) is 0. The van der Waals surface area contributed by atoms with Gasteiger partial charge in [-0.15, -0.1) is 0 Å². The minimum absolute atomic E-state index is 0. The van der Waals surface area contributed by atoms with E-state index in [2.05, 4.69) is 0 Å².